The molecule has 0 aromatic heterocycles. The van der Waals surface area contributed by atoms with E-state index in [0.29, 0.717) is 4.47 Å². The van der Waals surface area contributed by atoms with Crippen LogP contribution in [-0.2, 0) is 10.0 Å². The van der Waals surface area contributed by atoms with Gasteiger partial charge in [0.05, 0.1) is 11.4 Å². The van der Waals surface area contributed by atoms with E-state index in [0.717, 1.165) is 11.6 Å². The molecule has 0 spiro atoms. The van der Waals surface area contributed by atoms with Gasteiger partial charge < -0.3 is 0 Å². The highest BCUT2D eigenvalue weighted by Gasteiger charge is 2.18. The second kappa shape index (κ2) is 6.58. The molecule has 0 bridgehead atoms. The molecule has 2 aromatic rings. The smallest absolute Gasteiger partial charge is 0.233 e. The second-order valence-electron chi connectivity index (χ2n) is 4.82. The molecule has 2 aromatic carbocycles. The first-order valence-corrected chi connectivity index (χ1v) is 8.82. The number of benzene rings is 2. The van der Waals surface area contributed by atoms with Gasteiger partial charge in [0.1, 0.15) is 5.82 Å². The van der Waals surface area contributed by atoms with Crippen molar-refractivity contribution in [2.24, 2.45) is 0 Å². The second-order valence-corrected chi connectivity index (χ2v) is 7.44. The van der Waals surface area contributed by atoms with Crippen molar-refractivity contribution in [2.75, 3.05) is 10.5 Å². The Kier molecular flexibility index (Phi) is 5.00. The third-order valence-electron chi connectivity index (χ3n) is 3.03. The Labute approximate surface area is 132 Å². The van der Waals surface area contributed by atoms with Crippen LogP contribution < -0.4 is 4.72 Å². The van der Waals surface area contributed by atoms with Gasteiger partial charge in [-0.15, -0.1) is 0 Å². The van der Waals surface area contributed by atoms with Crippen LogP contribution in [0.1, 0.15) is 18.4 Å². The molecular formula is C15H15BrFNO2S. The van der Waals surface area contributed by atoms with Crippen LogP contribution >= 0.6 is 15.9 Å². The van der Waals surface area contributed by atoms with Crippen LogP contribution in [-0.4, -0.2) is 14.2 Å². The van der Waals surface area contributed by atoms with E-state index in [2.05, 4.69) is 20.7 Å². The van der Waals surface area contributed by atoms with Crippen molar-refractivity contribution < 1.29 is 12.8 Å². The van der Waals surface area contributed by atoms with Crippen molar-refractivity contribution in [3.8, 4) is 0 Å². The third-order valence-corrected chi connectivity index (χ3v) is 5.19. The Morgan fingerprint density at radius 1 is 1.19 bits per heavy atom. The zero-order valence-corrected chi connectivity index (χ0v) is 13.8. The third kappa shape index (κ3) is 4.54. The summed E-state index contributed by atoms with van der Waals surface area (Å²) >= 11 is 3.20. The van der Waals surface area contributed by atoms with Crippen LogP contribution in [0.4, 0.5) is 10.1 Å². The maximum atomic E-state index is 13.2. The Morgan fingerprint density at radius 3 is 2.52 bits per heavy atom. The average Bonchev–Trinajstić information content (AvgIpc) is 2.43. The SMILES string of the molecule is CC(CS(=O)(=O)Nc1cc(F)ccc1Br)c1ccccc1. The van der Waals surface area contributed by atoms with E-state index in [4.69, 9.17) is 0 Å². The minimum absolute atomic E-state index is 0.0695. The minimum Gasteiger partial charge on any atom is -0.282 e. The molecule has 2 rings (SSSR count). The Bertz CT molecular complexity index is 720. The summed E-state index contributed by atoms with van der Waals surface area (Å²) in [7, 11) is -3.57. The van der Waals surface area contributed by atoms with Crippen molar-refractivity contribution in [3.63, 3.8) is 0 Å². The summed E-state index contributed by atoms with van der Waals surface area (Å²) in [4.78, 5) is 0. The number of nitrogens with one attached hydrogen (secondary N) is 1. The molecule has 0 heterocycles. The molecule has 3 nitrogen and oxygen atoms in total. The van der Waals surface area contributed by atoms with Crippen molar-refractivity contribution in [1.82, 2.24) is 0 Å². The van der Waals surface area contributed by atoms with E-state index in [1.54, 1.807) is 0 Å². The standard InChI is InChI=1S/C15H15BrFNO2S/c1-11(12-5-3-2-4-6-12)10-21(19,20)18-15-9-13(17)7-8-14(15)16/h2-9,11,18H,10H2,1H3. The number of hydrogen-bond donors (Lipinski definition) is 1. The monoisotopic (exact) mass is 371 g/mol. The molecule has 0 aliphatic carbocycles. The Balaban J connectivity index is 2.14. The molecule has 6 heteroatoms. The molecule has 0 aliphatic heterocycles. The van der Waals surface area contributed by atoms with Crippen LogP contribution in [0.2, 0.25) is 0 Å². The fraction of sp³-hybridized carbons (Fsp3) is 0.200. The van der Waals surface area contributed by atoms with E-state index in [9.17, 15) is 12.8 Å². The number of anilines is 1. The molecule has 112 valence electrons. The summed E-state index contributed by atoms with van der Waals surface area (Å²) in [5, 5.41) is 0. The molecule has 0 fully saturated rings. The molecular weight excluding hydrogens is 357 g/mol. The largest absolute Gasteiger partial charge is 0.282 e. The van der Waals surface area contributed by atoms with E-state index in [1.807, 2.05) is 37.3 Å². The molecule has 0 amide bonds. The lowest BCUT2D eigenvalue weighted by Gasteiger charge is -2.14. The van der Waals surface area contributed by atoms with Crippen molar-refractivity contribution in [2.45, 2.75) is 12.8 Å². The molecule has 1 N–H and O–H groups in total. The van der Waals surface area contributed by atoms with Gasteiger partial charge in [-0.25, -0.2) is 12.8 Å². The van der Waals surface area contributed by atoms with Gasteiger partial charge in [-0.3, -0.25) is 4.72 Å². The van der Waals surface area contributed by atoms with Crippen LogP contribution in [0.25, 0.3) is 0 Å². The number of rotatable bonds is 5. The summed E-state index contributed by atoms with van der Waals surface area (Å²) in [6.07, 6.45) is 0. The van der Waals surface area contributed by atoms with Gasteiger partial charge in [-0.2, -0.15) is 0 Å². The molecule has 0 radical (unpaired) electrons. The van der Waals surface area contributed by atoms with Gasteiger partial charge in [0.15, 0.2) is 0 Å². The Hall–Kier alpha value is -1.40. The van der Waals surface area contributed by atoms with Gasteiger partial charge in [-0.05, 0) is 45.6 Å². The zero-order valence-electron chi connectivity index (χ0n) is 11.4. The molecule has 1 unspecified atom stereocenters. The van der Waals surface area contributed by atoms with Gasteiger partial charge in [-0.1, -0.05) is 37.3 Å². The van der Waals surface area contributed by atoms with Crippen molar-refractivity contribution in [1.29, 1.82) is 0 Å². The predicted octanol–water partition coefficient (Wildman–Crippen LogP) is 4.13. The highest BCUT2D eigenvalue weighted by Crippen LogP contribution is 2.25. The normalized spacial score (nSPS) is 12.9. The minimum atomic E-state index is -3.57. The molecule has 0 aliphatic rings. The van der Waals surface area contributed by atoms with Gasteiger partial charge in [0.25, 0.3) is 0 Å². The summed E-state index contributed by atoms with van der Waals surface area (Å²) in [6.45, 7) is 1.84. The van der Waals surface area contributed by atoms with Gasteiger partial charge in [0.2, 0.25) is 10.0 Å². The van der Waals surface area contributed by atoms with Gasteiger partial charge in [0, 0.05) is 4.47 Å². The van der Waals surface area contributed by atoms with Crippen molar-refractivity contribution >= 4 is 31.6 Å². The lowest BCUT2D eigenvalue weighted by molar-refractivity contribution is 0.595. The molecule has 1 atom stereocenters. The average molecular weight is 372 g/mol. The lowest BCUT2D eigenvalue weighted by Crippen LogP contribution is -2.20. The van der Waals surface area contributed by atoms with E-state index in [1.165, 1.54) is 12.1 Å². The maximum Gasteiger partial charge on any atom is 0.233 e. The van der Waals surface area contributed by atoms with Gasteiger partial charge >= 0.3 is 0 Å². The Morgan fingerprint density at radius 2 is 1.86 bits per heavy atom. The fourth-order valence-corrected chi connectivity index (χ4v) is 3.91. The molecule has 21 heavy (non-hydrogen) atoms. The summed E-state index contributed by atoms with van der Waals surface area (Å²) in [5.41, 5.74) is 1.15. The zero-order chi connectivity index (χ0) is 15.5. The van der Waals surface area contributed by atoms with E-state index in [-0.39, 0.29) is 17.4 Å². The molecule has 0 saturated heterocycles. The topological polar surface area (TPSA) is 46.2 Å². The van der Waals surface area contributed by atoms with Crippen LogP contribution in [0, 0.1) is 5.82 Å². The number of halogens is 2. The lowest BCUT2D eigenvalue weighted by atomic mass is 10.0. The predicted molar refractivity (Wildman–Crippen MR) is 86.4 cm³/mol. The first kappa shape index (κ1) is 16.0. The van der Waals surface area contributed by atoms with E-state index >= 15 is 0 Å². The van der Waals surface area contributed by atoms with Crippen LogP contribution in [0.15, 0.2) is 53.0 Å². The summed E-state index contributed by atoms with van der Waals surface area (Å²) in [5.74, 6) is -0.719. The number of hydrogen-bond acceptors (Lipinski definition) is 2. The summed E-state index contributed by atoms with van der Waals surface area (Å²) in [6, 6.07) is 13.3. The fourth-order valence-electron chi connectivity index (χ4n) is 1.99. The molecule has 0 saturated carbocycles. The first-order chi connectivity index (χ1) is 9.87. The van der Waals surface area contributed by atoms with E-state index < -0.39 is 15.8 Å². The highest BCUT2D eigenvalue weighted by molar-refractivity contribution is 9.10. The first-order valence-electron chi connectivity index (χ1n) is 6.38. The van der Waals surface area contributed by atoms with Crippen LogP contribution in [0.3, 0.4) is 0 Å². The highest BCUT2D eigenvalue weighted by atomic mass is 79.9. The number of sulfonamides is 1. The van der Waals surface area contributed by atoms with Crippen molar-refractivity contribution in [3.05, 3.63) is 64.4 Å². The summed E-state index contributed by atoms with van der Waals surface area (Å²) < 4.78 is 40.5. The quantitative estimate of drug-likeness (QED) is 0.858. The van der Waals surface area contributed by atoms with Crippen LogP contribution in [0.5, 0.6) is 0 Å². The maximum absolute atomic E-state index is 13.2.